The van der Waals surface area contributed by atoms with Gasteiger partial charge in [-0.2, -0.15) is 0 Å². The van der Waals surface area contributed by atoms with Crippen molar-refractivity contribution in [3.8, 4) is 0 Å². The van der Waals surface area contributed by atoms with Gasteiger partial charge in [0.2, 0.25) is 0 Å². The highest BCUT2D eigenvalue weighted by atomic mass is 35.5. The smallest absolute Gasteiger partial charge is 0.156 e. The first-order chi connectivity index (χ1) is 14.4. The van der Waals surface area contributed by atoms with E-state index in [0.29, 0.717) is 24.5 Å². The summed E-state index contributed by atoms with van der Waals surface area (Å²) in [5.41, 5.74) is 3.99. The monoisotopic (exact) mass is 449 g/mol. The van der Waals surface area contributed by atoms with Crippen LogP contribution in [0.1, 0.15) is 32.3 Å². The molecule has 0 aromatic heterocycles. The Balaban J connectivity index is 1.84. The number of hydrogen-bond acceptors (Lipinski definition) is 7. The molecule has 3 aliphatic heterocycles. The molecule has 0 radical (unpaired) electrons. The normalized spacial score (nSPS) is 29.5. The molecule has 1 aromatic carbocycles. The zero-order valence-corrected chi connectivity index (χ0v) is 19.0. The SMILES string of the molecule is CCO[C@@H](O)CC1N=C(c2ccc(Cl)cc2)C2=C(SC(C)N2)C2=CN(C)[C@@H](O)C[C@H]21. The van der Waals surface area contributed by atoms with Crippen molar-refractivity contribution in [3.05, 3.63) is 57.2 Å². The first-order valence-corrected chi connectivity index (χ1v) is 11.6. The van der Waals surface area contributed by atoms with Crippen molar-refractivity contribution in [1.82, 2.24) is 10.2 Å². The molecule has 5 atom stereocenters. The average Bonchev–Trinajstić information content (AvgIpc) is 3.04. The summed E-state index contributed by atoms with van der Waals surface area (Å²) < 4.78 is 5.42. The largest absolute Gasteiger partial charge is 0.374 e. The predicted octanol–water partition coefficient (Wildman–Crippen LogP) is 3.30. The van der Waals surface area contributed by atoms with Gasteiger partial charge in [-0.15, -0.1) is 0 Å². The quantitative estimate of drug-likeness (QED) is 0.599. The van der Waals surface area contributed by atoms with E-state index in [1.54, 1.807) is 11.8 Å². The third kappa shape index (κ3) is 4.27. The fourth-order valence-electron chi connectivity index (χ4n) is 4.27. The number of aliphatic hydroxyl groups is 2. The van der Waals surface area contributed by atoms with Crippen LogP contribution in [0.3, 0.4) is 0 Å². The van der Waals surface area contributed by atoms with E-state index >= 15 is 0 Å². The average molecular weight is 450 g/mol. The molecular weight excluding hydrogens is 422 g/mol. The number of halogens is 1. The Morgan fingerprint density at radius 3 is 2.80 bits per heavy atom. The summed E-state index contributed by atoms with van der Waals surface area (Å²) in [7, 11) is 1.89. The van der Waals surface area contributed by atoms with Gasteiger partial charge in [0.05, 0.1) is 22.8 Å². The summed E-state index contributed by atoms with van der Waals surface area (Å²) >= 11 is 7.89. The summed E-state index contributed by atoms with van der Waals surface area (Å²) in [6, 6.07) is 7.45. The molecule has 0 fully saturated rings. The predicted molar refractivity (Wildman–Crippen MR) is 121 cm³/mol. The zero-order valence-electron chi connectivity index (χ0n) is 17.4. The van der Waals surface area contributed by atoms with Gasteiger partial charge >= 0.3 is 0 Å². The molecule has 4 rings (SSSR count). The van der Waals surface area contributed by atoms with Crippen molar-refractivity contribution >= 4 is 29.1 Å². The van der Waals surface area contributed by atoms with Crippen LogP contribution in [0, 0.1) is 5.92 Å². The minimum atomic E-state index is -0.902. The van der Waals surface area contributed by atoms with Gasteiger partial charge in [-0.05, 0) is 31.6 Å². The summed E-state index contributed by atoms with van der Waals surface area (Å²) in [4.78, 5) is 8.16. The van der Waals surface area contributed by atoms with E-state index < -0.39 is 12.5 Å². The molecule has 8 heteroatoms. The van der Waals surface area contributed by atoms with Crippen LogP contribution in [-0.4, -0.2) is 58.4 Å². The lowest BCUT2D eigenvalue weighted by atomic mass is 9.84. The lowest BCUT2D eigenvalue weighted by Crippen LogP contribution is -2.39. The van der Waals surface area contributed by atoms with Crippen LogP contribution in [0.4, 0.5) is 0 Å². The number of nitrogens with one attached hydrogen (secondary N) is 1. The van der Waals surface area contributed by atoms with Gasteiger partial charge in [-0.1, -0.05) is 35.5 Å². The van der Waals surface area contributed by atoms with Crippen molar-refractivity contribution < 1.29 is 14.9 Å². The second kappa shape index (κ2) is 8.93. The van der Waals surface area contributed by atoms with Crippen molar-refractivity contribution in [1.29, 1.82) is 0 Å². The highest BCUT2D eigenvalue weighted by molar-refractivity contribution is 8.04. The Labute approximate surface area is 186 Å². The number of thioether (sulfide) groups is 1. The topological polar surface area (TPSA) is 77.3 Å². The van der Waals surface area contributed by atoms with Gasteiger partial charge < -0.3 is 25.2 Å². The number of aliphatic imine (C=N–C) groups is 1. The van der Waals surface area contributed by atoms with Gasteiger partial charge in [0, 0.05) is 54.1 Å². The number of benzene rings is 1. The number of nitrogens with zero attached hydrogens (tertiary/aromatic N) is 2. The first kappa shape index (κ1) is 21.7. The van der Waals surface area contributed by atoms with Crippen LogP contribution < -0.4 is 5.32 Å². The van der Waals surface area contributed by atoms with Crippen LogP contribution in [0.5, 0.6) is 0 Å². The Bertz CT molecular complexity index is 886. The second-order valence-electron chi connectivity index (χ2n) is 7.88. The maximum absolute atomic E-state index is 10.6. The molecule has 0 spiro atoms. The maximum Gasteiger partial charge on any atom is 0.156 e. The van der Waals surface area contributed by atoms with Crippen LogP contribution >= 0.6 is 23.4 Å². The van der Waals surface area contributed by atoms with E-state index in [2.05, 4.69) is 12.2 Å². The number of allylic oxidation sites excluding steroid dienone is 2. The molecule has 0 saturated heterocycles. The molecule has 162 valence electrons. The molecule has 0 bridgehead atoms. The molecule has 0 aliphatic carbocycles. The molecule has 2 unspecified atom stereocenters. The summed E-state index contributed by atoms with van der Waals surface area (Å²) in [5, 5.41) is 25.4. The lowest BCUT2D eigenvalue weighted by molar-refractivity contribution is -0.104. The Kier molecular flexibility index (Phi) is 6.46. The van der Waals surface area contributed by atoms with Gasteiger partial charge in [0.15, 0.2) is 6.29 Å². The third-order valence-corrected chi connectivity index (χ3v) is 7.12. The summed E-state index contributed by atoms with van der Waals surface area (Å²) in [6.07, 6.45) is 1.46. The van der Waals surface area contributed by atoms with Crippen molar-refractivity contribution in [2.24, 2.45) is 10.9 Å². The molecule has 3 N–H and O–H groups in total. The van der Waals surface area contributed by atoms with E-state index in [-0.39, 0.29) is 17.3 Å². The summed E-state index contributed by atoms with van der Waals surface area (Å²) in [6.45, 7) is 4.43. The molecule has 30 heavy (non-hydrogen) atoms. The number of hydrogen-bond donors (Lipinski definition) is 3. The van der Waals surface area contributed by atoms with Crippen LogP contribution in [-0.2, 0) is 4.74 Å². The minimum Gasteiger partial charge on any atom is -0.374 e. The van der Waals surface area contributed by atoms with Gasteiger partial charge in [0.25, 0.3) is 0 Å². The van der Waals surface area contributed by atoms with E-state index in [9.17, 15) is 10.2 Å². The standard InChI is InChI=1S/C22H28ClN3O3S/c1-4-29-19(28)10-17-15-9-18(27)26(3)11-16(15)22-21(24-12(2)30-22)20(25-17)13-5-7-14(23)8-6-13/h5-8,11-12,15,17-19,24,27-28H,4,9-10H2,1-3H3/t12?,15-,17?,18+,19-/m1/s1. The molecule has 0 saturated carbocycles. The Morgan fingerprint density at radius 2 is 2.10 bits per heavy atom. The van der Waals surface area contributed by atoms with Gasteiger partial charge in [-0.3, -0.25) is 4.99 Å². The highest BCUT2D eigenvalue weighted by Crippen LogP contribution is 2.47. The van der Waals surface area contributed by atoms with Crippen LogP contribution in [0.25, 0.3) is 0 Å². The molecule has 6 nitrogen and oxygen atoms in total. The fourth-order valence-corrected chi connectivity index (χ4v) is 5.54. The second-order valence-corrected chi connectivity index (χ2v) is 9.67. The van der Waals surface area contributed by atoms with Crippen molar-refractivity contribution in [2.75, 3.05) is 13.7 Å². The maximum atomic E-state index is 10.6. The first-order valence-electron chi connectivity index (χ1n) is 10.3. The third-order valence-electron chi connectivity index (χ3n) is 5.72. The van der Waals surface area contributed by atoms with Crippen LogP contribution in [0.15, 0.2) is 51.6 Å². The molecule has 3 aliphatic rings. The minimum absolute atomic E-state index is 0.0132. The molecule has 3 heterocycles. The highest BCUT2D eigenvalue weighted by Gasteiger charge is 2.41. The number of aliphatic hydroxyl groups excluding tert-OH is 2. The molecule has 0 amide bonds. The Hall–Kier alpha value is -1.51. The number of ether oxygens (including phenoxy) is 1. The number of fused-ring (bicyclic) bond motifs is 2. The molecular formula is C22H28ClN3O3S. The van der Waals surface area contributed by atoms with Crippen molar-refractivity contribution in [2.45, 2.75) is 50.6 Å². The Morgan fingerprint density at radius 1 is 1.37 bits per heavy atom. The zero-order chi connectivity index (χ0) is 21.4. The van der Waals surface area contributed by atoms with Gasteiger partial charge in [0.1, 0.15) is 6.23 Å². The lowest BCUT2D eigenvalue weighted by Gasteiger charge is -2.37. The van der Waals surface area contributed by atoms with Gasteiger partial charge in [-0.25, -0.2) is 0 Å². The van der Waals surface area contributed by atoms with Crippen molar-refractivity contribution in [3.63, 3.8) is 0 Å². The van der Waals surface area contributed by atoms with Crippen LogP contribution in [0.2, 0.25) is 5.02 Å². The van der Waals surface area contributed by atoms with E-state index in [1.807, 2.05) is 49.3 Å². The summed E-state index contributed by atoms with van der Waals surface area (Å²) in [5.74, 6) is -0.0132. The number of rotatable bonds is 5. The van der Waals surface area contributed by atoms with E-state index in [1.165, 1.54) is 0 Å². The van der Waals surface area contributed by atoms with E-state index in [4.69, 9.17) is 21.3 Å². The fraction of sp³-hybridized carbons (Fsp3) is 0.500. The molecule has 1 aromatic rings. The van der Waals surface area contributed by atoms with E-state index in [0.717, 1.165) is 27.5 Å².